The molecule has 1 atom stereocenters. The highest BCUT2D eigenvalue weighted by Crippen LogP contribution is 2.26. The molecular weight excluding hydrogens is 413 g/mol. The van der Waals surface area contributed by atoms with Crippen molar-refractivity contribution < 1.29 is 23.5 Å². The quantitative estimate of drug-likeness (QED) is 0.701. The maximum atomic E-state index is 13.4. The fraction of sp³-hybridized carbons (Fsp3) is 0.375. The molecule has 2 aliphatic rings. The Morgan fingerprint density at radius 1 is 1.12 bits per heavy atom. The van der Waals surface area contributed by atoms with Crippen molar-refractivity contribution in [2.24, 2.45) is 0 Å². The topological polar surface area (TPSA) is 79.0 Å². The van der Waals surface area contributed by atoms with Crippen LogP contribution in [0, 0.1) is 5.82 Å². The van der Waals surface area contributed by atoms with Crippen molar-refractivity contribution in [3.05, 3.63) is 59.9 Å². The molecule has 0 bridgehead atoms. The third kappa shape index (κ3) is 4.65. The van der Waals surface area contributed by atoms with Gasteiger partial charge in [-0.1, -0.05) is 6.07 Å². The summed E-state index contributed by atoms with van der Waals surface area (Å²) in [6, 6.07) is 12.0. The van der Waals surface area contributed by atoms with Crippen molar-refractivity contribution >= 4 is 23.4 Å². The van der Waals surface area contributed by atoms with E-state index in [2.05, 4.69) is 5.32 Å². The van der Waals surface area contributed by atoms with Gasteiger partial charge in [0.25, 0.3) is 11.8 Å². The lowest BCUT2D eigenvalue weighted by molar-refractivity contribution is -0.121. The lowest BCUT2D eigenvalue weighted by Gasteiger charge is -2.33. The molecule has 3 amide bonds. The lowest BCUT2D eigenvalue weighted by Crippen LogP contribution is -2.49. The zero-order valence-corrected chi connectivity index (χ0v) is 17.9. The molecule has 4 rings (SSSR count). The molecule has 1 N–H and O–H groups in total. The molecule has 0 aliphatic carbocycles. The van der Waals surface area contributed by atoms with Crippen LogP contribution in [0.4, 0.5) is 10.1 Å². The Kier molecular flexibility index (Phi) is 6.50. The first-order valence-corrected chi connectivity index (χ1v) is 10.9. The maximum absolute atomic E-state index is 13.4. The number of anilines is 1. The summed E-state index contributed by atoms with van der Waals surface area (Å²) in [6.07, 6.45) is 1.42. The number of amides is 3. The number of carbonyl (C=O) groups is 3. The van der Waals surface area contributed by atoms with Crippen LogP contribution in [0.25, 0.3) is 0 Å². The van der Waals surface area contributed by atoms with Crippen molar-refractivity contribution in [3.63, 3.8) is 0 Å². The van der Waals surface area contributed by atoms with Gasteiger partial charge in [-0.15, -0.1) is 0 Å². The summed E-state index contributed by atoms with van der Waals surface area (Å²) in [7, 11) is 0. The van der Waals surface area contributed by atoms with Crippen LogP contribution in [0.5, 0.6) is 5.75 Å². The molecule has 2 aromatic carbocycles. The molecule has 2 aromatic rings. The maximum Gasteiger partial charge on any atom is 0.253 e. The van der Waals surface area contributed by atoms with E-state index in [9.17, 15) is 18.8 Å². The molecule has 2 fully saturated rings. The van der Waals surface area contributed by atoms with Gasteiger partial charge in [-0.25, -0.2) is 9.29 Å². The third-order valence-corrected chi connectivity index (χ3v) is 5.84. The van der Waals surface area contributed by atoms with E-state index in [0.717, 1.165) is 0 Å². The fourth-order valence-corrected chi connectivity index (χ4v) is 4.23. The van der Waals surface area contributed by atoms with E-state index in [1.165, 1.54) is 23.1 Å². The number of nitrogens with one attached hydrogen (secondary N) is 1. The van der Waals surface area contributed by atoms with Crippen LogP contribution in [-0.2, 0) is 9.59 Å². The van der Waals surface area contributed by atoms with E-state index in [0.29, 0.717) is 49.5 Å². The molecule has 2 aliphatic heterocycles. The van der Waals surface area contributed by atoms with Gasteiger partial charge in [-0.3, -0.25) is 14.4 Å². The van der Waals surface area contributed by atoms with E-state index in [-0.39, 0.29) is 30.2 Å². The fourth-order valence-electron chi connectivity index (χ4n) is 4.23. The summed E-state index contributed by atoms with van der Waals surface area (Å²) in [5.74, 6) is -0.456. The van der Waals surface area contributed by atoms with Crippen molar-refractivity contribution in [2.45, 2.75) is 38.3 Å². The molecular formula is C24H26FN3O4. The van der Waals surface area contributed by atoms with Crippen LogP contribution >= 0.6 is 0 Å². The molecule has 32 heavy (non-hydrogen) atoms. The molecule has 0 saturated carbocycles. The van der Waals surface area contributed by atoms with Gasteiger partial charge in [-0.2, -0.15) is 0 Å². The molecule has 7 nitrogen and oxygen atoms in total. The number of benzene rings is 2. The number of nitrogens with zero attached hydrogens (tertiary/aromatic N) is 2. The minimum absolute atomic E-state index is 0.0218. The number of hydrogen-bond acceptors (Lipinski definition) is 5. The average molecular weight is 439 g/mol. The Morgan fingerprint density at radius 2 is 1.84 bits per heavy atom. The zero-order chi connectivity index (χ0) is 22.7. The van der Waals surface area contributed by atoms with E-state index >= 15 is 0 Å². The molecule has 0 spiro atoms. The first kappa shape index (κ1) is 22.0. The third-order valence-electron chi connectivity index (χ3n) is 5.84. The molecule has 0 aromatic heterocycles. The van der Waals surface area contributed by atoms with E-state index in [1.807, 2.05) is 6.92 Å². The van der Waals surface area contributed by atoms with Gasteiger partial charge < -0.3 is 15.0 Å². The number of ether oxygens (including phenoxy) is 1. The Labute approximate surface area is 186 Å². The summed E-state index contributed by atoms with van der Waals surface area (Å²) < 4.78 is 18.8. The van der Waals surface area contributed by atoms with Gasteiger partial charge in [0.15, 0.2) is 0 Å². The number of hydrogen-bond donors (Lipinski definition) is 1. The normalized spacial score (nSPS) is 19.5. The highest BCUT2D eigenvalue weighted by Gasteiger charge is 2.40. The van der Waals surface area contributed by atoms with Crippen LogP contribution in [0.15, 0.2) is 48.5 Å². The van der Waals surface area contributed by atoms with Crippen LogP contribution < -0.4 is 15.0 Å². The predicted octanol–water partition coefficient (Wildman–Crippen LogP) is 2.75. The minimum atomic E-state index is -0.579. The highest BCUT2D eigenvalue weighted by atomic mass is 19.1. The first-order chi connectivity index (χ1) is 15.5. The summed E-state index contributed by atoms with van der Waals surface area (Å²) >= 11 is 0. The van der Waals surface area contributed by atoms with Crippen LogP contribution in [0.3, 0.4) is 0 Å². The Morgan fingerprint density at radius 3 is 2.50 bits per heavy atom. The Bertz CT molecular complexity index is 1000. The number of imide groups is 1. The monoisotopic (exact) mass is 439 g/mol. The summed E-state index contributed by atoms with van der Waals surface area (Å²) in [4.78, 5) is 40.9. The van der Waals surface area contributed by atoms with Crippen LogP contribution in [-0.4, -0.2) is 54.4 Å². The van der Waals surface area contributed by atoms with Gasteiger partial charge in [0.2, 0.25) is 5.91 Å². The SMILES string of the molecule is CCOc1ccc(N2C(=O)C[C@@H](NC3CCN(C(=O)c4cccc(F)c4)CC3)C2=O)cc1. The summed E-state index contributed by atoms with van der Waals surface area (Å²) in [5, 5.41) is 3.30. The average Bonchev–Trinajstić information content (AvgIpc) is 3.07. The second-order valence-corrected chi connectivity index (χ2v) is 7.99. The number of piperidine rings is 1. The Hall–Kier alpha value is -3.26. The molecule has 168 valence electrons. The summed E-state index contributed by atoms with van der Waals surface area (Å²) in [5.41, 5.74) is 0.863. The summed E-state index contributed by atoms with van der Waals surface area (Å²) in [6.45, 7) is 3.44. The van der Waals surface area contributed by atoms with Crippen molar-refractivity contribution in [2.75, 3.05) is 24.6 Å². The highest BCUT2D eigenvalue weighted by molar-refractivity contribution is 6.22. The zero-order valence-electron chi connectivity index (χ0n) is 17.9. The number of carbonyl (C=O) groups excluding carboxylic acids is 3. The molecule has 0 unspecified atom stereocenters. The second-order valence-electron chi connectivity index (χ2n) is 7.99. The van der Waals surface area contributed by atoms with Gasteiger partial charge in [-0.05, 0) is 62.2 Å². The van der Waals surface area contributed by atoms with Gasteiger partial charge in [0.05, 0.1) is 24.8 Å². The van der Waals surface area contributed by atoms with Gasteiger partial charge >= 0.3 is 0 Å². The molecule has 8 heteroatoms. The van der Waals surface area contributed by atoms with Crippen molar-refractivity contribution in [1.29, 1.82) is 0 Å². The number of halogens is 1. The van der Waals surface area contributed by atoms with E-state index in [4.69, 9.17) is 4.74 Å². The smallest absolute Gasteiger partial charge is 0.253 e. The lowest BCUT2D eigenvalue weighted by atomic mass is 10.0. The molecule has 2 heterocycles. The first-order valence-electron chi connectivity index (χ1n) is 10.9. The van der Waals surface area contributed by atoms with Gasteiger partial charge in [0.1, 0.15) is 11.6 Å². The minimum Gasteiger partial charge on any atom is -0.494 e. The Balaban J connectivity index is 1.33. The van der Waals surface area contributed by atoms with Crippen molar-refractivity contribution in [1.82, 2.24) is 10.2 Å². The number of rotatable bonds is 6. The largest absolute Gasteiger partial charge is 0.494 e. The van der Waals surface area contributed by atoms with Crippen LogP contribution in [0.2, 0.25) is 0 Å². The van der Waals surface area contributed by atoms with E-state index in [1.54, 1.807) is 35.2 Å². The molecule has 2 saturated heterocycles. The standard InChI is InChI=1S/C24H26FN3O4/c1-2-32-20-8-6-19(7-9-20)28-22(29)15-21(24(28)31)26-18-10-12-27(13-11-18)23(30)16-4-3-5-17(25)14-16/h3-9,14,18,21,26H,2,10-13,15H2,1H3/t21-/m1/s1. The molecule has 0 radical (unpaired) electrons. The van der Waals surface area contributed by atoms with Crippen LogP contribution in [0.1, 0.15) is 36.5 Å². The number of likely N-dealkylation sites (tertiary alicyclic amines) is 1. The second kappa shape index (κ2) is 9.48. The predicted molar refractivity (Wildman–Crippen MR) is 117 cm³/mol. The van der Waals surface area contributed by atoms with Gasteiger partial charge in [0, 0.05) is 24.7 Å². The van der Waals surface area contributed by atoms with Crippen molar-refractivity contribution in [3.8, 4) is 5.75 Å². The van der Waals surface area contributed by atoms with E-state index < -0.39 is 11.9 Å².